The number of thioether (sulfide) groups is 1. The van der Waals surface area contributed by atoms with Crippen LogP contribution >= 0.6 is 23.4 Å². The summed E-state index contributed by atoms with van der Waals surface area (Å²) in [6.45, 7) is 5.40. The van der Waals surface area contributed by atoms with Gasteiger partial charge in [0.15, 0.2) is 6.61 Å². The molecule has 9 heteroatoms. The van der Waals surface area contributed by atoms with E-state index >= 15 is 0 Å². The predicted molar refractivity (Wildman–Crippen MR) is 118 cm³/mol. The van der Waals surface area contributed by atoms with Gasteiger partial charge in [-0.3, -0.25) is 15.0 Å². The third-order valence-electron chi connectivity index (χ3n) is 4.65. The number of ether oxygens (including phenoxy) is 1. The van der Waals surface area contributed by atoms with E-state index in [2.05, 4.69) is 10.6 Å². The summed E-state index contributed by atoms with van der Waals surface area (Å²) < 4.78 is 5.72. The molecule has 158 valence electrons. The first kappa shape index (κ1) is 22.1. The lowest BCUT2D eigenvalue weighted by Gasteiger charge is -2.25. The van der Waals surface area contributed by atoms with Crippen LogP contribution < -0.4 is 10.2 Å². The third-order valence-corrected chi connectivity index (χ3v) is 6.10. The zero-order valence-corrected chi connectivity index (χ0v) is 18.4. The molecule has 7 nitrogen and oxygen atoms in total. The van der Waals surface area contributed by atoms with Crippen molar-refractivity contribution in [3.8, 4) is 5.75 Å². The number of aryl methyl sites for hydroxylation is 1. The van der Waals surface area contributed by atoms with Gasteiger partial charge < -0.3 is 4.74 Å². The number of hydrogen-bond acceptors (Lipinski definition) is 6. The van der Waals surface area contributed by atoms with Gasteiger partial charge in [-0.1, -0.05) is 37.6 Å². The van der Waals surface area contributed by atoms with Gasteiger partial charge in [0.05, 0.1) is 5.75 Å². The van der Waals surface area contributed by atoms with E-state index in [1.54, 1.807) is 37.3 Å². The number of nitrogens with zero attached hydrogens (tertiary/aromatic N) is 2. The average Bonchev–Trinajstić information content (AvgIpc) is 3.06. The Kier molecular flexibility index (Phi) is 6.99. The normalized spacial score (nSPS) is 16.1. The van der Waals surface area contributed by atoms with Crippen LogP contribution in [0.3, 0.4) is 0 Å². The Balaban J connectivity index is 1.70. The van der Waals surface area contributed by atoms with Crippen LogP contribution in [0.4, 0.5) is 5.69 Å². The minimum absolute atomic E-state index is 0.0768. The molecular formula is C21H22ClN3O4S. The highest BCUT2D eigenvalue weighted by molar-refractivity contribution is 8.00. The molecule has 1 aliphatic rings. The first-order chi connectivity index (χ1) is 14.3. The van der Waals surface area contributed by atoms with Crippen LogP contribution in [-0.2, 0) is 9.59 Å². The summed E-state index contributed by atoms with van der Waals surface area (Å²) in [4.78, 5) is 35.8. The molecule has 1 atom stereocenters. The molecule has 0 saturated carbocycles. The number of amides is 2. The maximum Gasteiger partial charge on any atom is 0.276 e. The lowest BCUT2D eigenvalue weighted by molar-refractivity contribution is -0.140. The Bertz CT molecular complexity index is 983. The smallest absolute Gasteiger partial charge is 0.276 e. The Morgan fingerprint density at radius 1 is 1.37 bits per heavy atom. The number of rotatable bonds is 7. The van der Waals surface area contributed by atoms with Gasteiger partial charge in [0.25, 0.3) is 11.8 Å². The standard InChI is InChI=1S/C21H22ClN3O4S/c1-12(2)16-9-17(24-28)13(3)7-18(16)29-10-19(26)23-25-20(27)11-30-21(25)14-5-4-6-15(22)8-14/h4-9,12,21H,10-11H2,1-3H3,(H,23,26). The van der Waals surface area contributed by atoms with E-state index in [-0.39, 0.29) is 29.6 Å². The van der Waals surface area contributed by atoms with Crippen LogP contribution in [0, 0.1) is 11.8 Å². The van der Waals surface area contributed by atoms with Crippen LogP contribution in [0.1, 0.15) is 41.8 Å². The summed E-state index contributed by atoms with van der Waals surface area (Å²) in [6.07, 6.45) is 0. The number of carbonyl (C=O) groups is 2. The fraction of sp³-hybridized carbons (Fsp3) is 0.333. The quantitative estimate of drug-likeness (QED) is 0.612. The van der Waals surface area contributed by atoms with Crippen LogP contribution in [-0.4, -0.2) is 29.2 Å². The molecular weight excluding hydrogens is 426 g/mol. The molecule has 1 unspecified atom stereocenters. The summed E-state index contributed by atoms with van der Waals surface area (Å²) in [5.74, 6) is 0.197. The van der Waals surface area contributed by atoms with E-state index in [1.807, 2.05) is 19.9 Å². The highest BCUT2D eigenvalue weighted by Crippen LogP contribution is 2.38. The molecule has 1 N–H and O–H groups in total. The lowest BCUT2D eigenvalue weighted by Crippen LogP contribution is -2.46. The van der Waals surface area contributed by atoms with Crippen molar-refractivity contribution in [3.63, 3.8) is 0 Å². The van der Waals surface area contributed by atoms with Crippen molar-refractivity contribution < 1.29 is 14.3 Å². The van der Waals surface area contributed by atoms with Crippen molar-refractivity contribution in [2.75, 3.05) is 12.4 Å². The summed E-state index contributed by atoms with van der Waals surface area (Å²) in [6, 6.07) is 10.6. The molecule has 2 aromatic rings. The van der Waals surface area contributed by atoms with Gasteiger partial charge in [-0.2, -0.15) is 0 Å². The zero-order chi connectivity index (χ0) is 21.8. The molecule has 0 bridgehead atoms. The fourth-order valence-electron chi connectivity index (χ4n) is 3.12. The van der Waals surface area contributed by atoms with Gasteiger partial charge in [0, 0.05) is 5.02 Å². The largest absolute Gasteiger partial charge is 0.483 e. The monoisotopic (exact) mass is 447 g/mol. The molecule has 2 amide bonds. The number of carbonyl (C=O) groups excluding carboxylic acids is 2. The Hall–Kier alpha value is -2.58. The van der Waals surface area contributed by atoms with Crippen molar-refractivity contribution in [2.45, 2.75) is 32.1 Å². The number of benzene rings is 2. The Morgan fingerprint density at radius 2 is 2.13 bits per heavy atom. The SMILES string of the molecule is Cc1cc(OCC(=O)NN2C(=O)CSC2c2cccc(Cl)c2)c(C(C)C)cc1N=O. The van der Waals surface area contributed by atoms with E-state index in [4.69, 9.17) is 16.3 Å². The van der Waals surface area contributed by atoms with Gasteiger partial charge in [0.1, 0.15) is 16.8 Å². The van der Waals surface area contributed by atoms with E-state index in [0.29, 0.717) is 22.0 Å². The molecule has 3 rings (SSSR count). The van der Waals surface area contributed by atoms with Gasteiger partial charge in [0.2, 0.25) is 0 Å². The molecule has 30 heavy (non-hydrogen) atoms. The average molecular weight is 448 g/mol. The van der Waals surface area contributed by atoms with Gasteiger partial charge in [-0.15, -0.1) is 16.7 Å². The first-order valence-electron chi connectivity index (χ1n) is 9.39. The van der Waals surface area contributed by atoms with Gasteiger partial charge in [-0.05, 0) is 59.0 Å². The van der Waals surface area contributed by atoms with Crippen molar-refractivity contribution in [1.29, 1.82) is 0 Å². The minimum Gasteiger partial charge on any atom is -0.483 e. The van der Waals surface area contributed by atoms with Crippen molar-refractivity contribution in [2.24, 2.45) is 5.18 Å². The van der Waals surface area contributed by atoms with Crippen LogP contribution in [0.15, 0.2) is 41.6 Å². The third kappa shape index (κ3) is 4.94. The zero-order valence-electron chi connectivity index (χ0n) is 16.8. The highest BCUT2D eigenvalue weighted by atomic mass is 35.5. The molecule has 1 fully saturated rings. The van der Waals surface area contributed by atoms with E-state index < -0.39 is 5.91 Å². The molecule has 0 spiro atoms. The Morgan fingerprint density at radius 3 is 2.80 bits per heavy atom. The molecule has 0 aromatic heterocycles. The molecule has 0 aliphatic carbocycles. The fourth-order valence-corrected chi connectivity index (χ4v) is 4.42. The molecule has 2 aromatic carbocycles. The Labute approximate surface area is 184 Å². The summed E-state index contributed by atoms with van der Waals surface area (Å²) >= 11 is 7.47. The first-order valence-corrected chi connectivity index (χ1v) is 10.8. The van der Waals surface area contributed by atoms with E-state index in [0.717, 1.165) is 11.1 Å². The van der Waals surface area contributed by atoms with Crippen LogP contribution in [0.5, 0.6) is 5.75 Å². The summed E-state index contributed by atoms with van der Waals surface area (Å²) in [5, 5.41) is 4.55. The number of hydrogen-bond donors (Lipinski definition) is 1. The highest BCUT2D eigenvalue weighted by Gasteiger charge is 2.34. The molecule has 1 heterocycles. The van der Waals surface area contributed by atoms with Crippen molar-refractivity contribution in [3.05, 3.63) is 63.0 Å². The predicted octanol–water partition coefficient (Wildman–Crippen LogP) is 4.85. The number of nitroso groups, excluding NO2 is 1. The lowest BCUT2D eigenvalue weighted by atomic mass is 9.99. The van der Waals surface area contributed by atoms with E-state index in [9.17, 15) is 14.5 Å². The van der Waals surface area contributed by atoms with Crippen molar-refractivity contribution >= 4 is 40.9 Å². The summed E-state index contributed by atoms with van der Waals surface area (Å²) in [7, 11) is 0. The van der Waals surface area contributed by atoms with Gasteiger partial charge >= 0.3 is 0 Å². The summed E-state index contributed by atoms with van der Waals surface area (Å²) in [5.41, 5.74) is 5.26. The maximum absolute atomic E-state index is 12.5. The van der Waals surface area contributed by atoms with Gasteiger partial charge in [-0.25, -0.2) is 5.01 Å². The van der Waals surface area contributed by atoms with Crippen molar-refractivity contribution in [1.82, 2.24) is 10.4 Å². The number of halogens is 1. The molecule has 0 radical (unpaired) electrons. The molecule has 1 saturated heterocycles. The van der Waals surface area contributed by atoms with Crippen LogP contribution in [0.2, 0.25) is 5.02 Å². The second-order valence-corrected chi connectivity index (χ2v) is 8.73. The van der Waals surface area contributed by atoms with Crippen LogP contribution in [0.25, 0.3) is 0 Å². The minimum atomic E-state index is -0.456. The number of nitrogens with one attached hydrogen (secondary N) is 1. The number of hydrazine groups is 1. The molecule has 1 aliphatic heterocycles. The topological polar surface area (TPSA) is 88.1 Å². The second kappa shape index (κ2) is 9.49. The van der Waals surface area contributed by atoms with E-state index in [1.165, 1.54) is 16.8 Å². The second-order valence-electron chi connectivity index (χ2n) is 7.23. The maximum atomic E-state index is 12.5.